The van der Waals surface area contributed by atoms with E-state index in [0.29, 0.717) is 31.5 Å². The van der Waals surface area contributed by atoms with Crippen molar-refractivity contribution >= 4 is 6.09 Å². The number of carbonyl (C=O) groups is 1. The second-order valence-corrected chi connectivity index (χ2v) is 8.88. The van der Waals surface area contributed by atoms with E-state index in [1.165, 1.54) is 12.1 Å². The van der Waals surface area contributed by atoms with E-state index in [-0.39, 0.29) is 17.8 Å². The second-order valence-electron chi connectivity index (χ2n) is 8.88. The summed E-state index contributed by atoms with van der Waals surface area (Å²) in [6.07, 6.45) is 0.929. The molecule has 5 heteroatoms. The lowest BCUT2D eigenvalue weighted by Crippen LogP contribution is -2.47. The molecule has 2 aromatic rings. The van der Waals surface area contributed by atoms with E-state index in [4.69, 9.17) is 4.74 Å². The molecule has 0 radical (unpaired) electrons. The van der Waals surface area contributed by atoms with Crippen molar-refractivity contribution in [3.05, 3.63) is 71.0 Å². The number of carbonyl (C=O) groups excluding carboxylic acids is 1. The summed E-state index contributed by atoms with van der Waals surface area (Å²) >= 11 is 0. The van der Waals surface area contributed by atoms with E-state index < -0.39 is 11.2 Å². The van der Waals surface area contributed by atoms with E-state index in [0.717, 1.165) is 11.1 Å². The molecule has 1 amide bonds. The van der Waals surface area contributed by atoms with Gasteiger partial charge in [-0.3, -0.25) is 0 Å². The molecular weight excluding hydrogens is 369 g/mol. The zero-order chi connectivity index (χ0) is 21.2. The minimum Gasteiger partial charge on any atom is -0.444 e. The van der Waals surface area contributed by atoms with Crippen LogP contribution in [0.15, 0.2) is 48.5 Å². The highest BCUT2D eigenvalue weighted by atomic mass is 19.1. The minimum atomic E-state index is -1.25. The fraction of sp³-hybridized carbons (Fsp3) is 0.458. The third-order valence-corrected chi connectivity index (χ3v) is 5.51. The first-order chi connectivity index (χ1) is 13.6. The molecule has 0 saturated carbocycles. The average Bonchev–Trinajstić information content (AvgIpc) is 2.67. The fourth-order valence-corrected chi connectivity index (χ4v) is 3.96. The largest absolute Gasteiger partial charge is 0.444 e. The van der Waals surface area contributed by atoms with Crippen LogP contribution in [0, 0.1) is 18.7 Å². The zero-order valence-corrected chi connectivity index (χ0v) is 17.6. The predicted molar refractivity (Wildman–Crippen MR) is 111 cm³/mol. The van der Waals surface area contributed by atoms with Crippen LogP contribution in [0.4, 0.5) is 9.18 Å². The average molecular weight is 400 g/mol. The van der Waals surface area contributed by atoms with E-state index >= 15 is 0 Å². The van der Waals surface area contributed by atoms with E-state index in [2.05, 4.69) is 0 Å². The van der Waals surface area contributed by atoms with Gasteiger partial charge in [-0.25, -0.2) is 9.18 Å². The van der Waals surface area contributed by atoms with Crippen molar-refractivity contribution in [2.75, 3.05) is 13.1 Å². The molecule has 0 aliphatic carbocycles. The minimum absolute atomic E-state index is 0.102. The van der Waals surface area contributed by atoms with Crippen molar-refractivity contribution < 1.29 is 19.0 Å². The number of rotatable bonds is 3. The van der Waals surface area contributed by atoms with Crippen LogP contribution in [0.5, 0.6) is 0 Å². The first-order valence-electron chi connectivity index (χ1n) is 10.1. The van der Waals surface area contributed by atoms with Crippen molar-refractivity contribution in [1.82, 2.24) is 4.90 Å². The first-order valence-corrected chi connectivity index (χ1v) is 10.1. The van der Waals surface area contributed by atoms with Gasteiger partial charge in [-0.05, 0) is 69.7 Å². The maximum absolute atomic E-state index is 13.5. The van der Waals surface area contributed by atoms with Gasteiger partial charge in [0.15, 0.2) is 0 Å². The molecule has 1 saturated heterocycles. The van der Waals surface area contributed by atoms with Gasteiger partial charge in [0.2, 0.25) is 0 Å². The molecule has 156 valence electrons. The van der Waals surface area contributed by atoms with Gasteiger partial charge < -0.3 is 14.7 Å². The molecule has 29 heavy (non-hydrogen) atoms. The van der Waals surface area contributed by atoms with Crippen LogP contribution >= 0.6 is 0 Å². The summed E-state index contributed by atoms with van der Waals surface area (Å²) < 4.78 is 19.0. The Balaban J connectivity index is 1.86. The summed E-state index contributed by atoms with van der Waals surface area (Å²) in [5.41, 5.74) is 0.769. The van der Waals surface area contributed by atoms with Crippen LogP contribution in [-0.4, -0.2) is 34.8 Å². The van der Waals surface area contributed by atoms with Crippen LogP contribution in [0.1, 0.15) is 50.3 Å². The van der Waals surface area contributed by atoms with Crippen molar-refractivity contribution in [3.63, 3.8) is 0 Å². The standard InChI is InChI=1S/C24H30FNO3/c1-17-5-7-18(8-6-17)24(28,19-9-11-21(25)12-10-19)20-13-15-26(16-14-20)22(27)29-23(2,3)4/h5-12,20,28H,13-16H2,1-4H3. The van der Waals surface area contributed by atoms with Crippen LogP contribution in [0.3, 0.4) is 0 Å². The molecule has 1 unspecified atom stereocenters. The van der Waals surface area contributed by atoms with Gasteiger partial charge in [-0.1, -0.05) is 42.0 Å². The molecule has 0 bridgehead atoms. The Labute approximate surface area is 172 Å². The maximum Gasteiger partial charge on any atom is 0.410 e. The molecule has 1 aliphatic rings. The van der Waals surface area contributed by atoms with Crippen molar-refractivity contribution in [1.29, 1.82) is 0 Å². The normalized spacial score (nSPS) is 17.7. The second kappa shape index (κ2) is 8.15. The van der Waals surface area contributed by atoms with Crippen molar-refractivity contribution in [3.8, 4) is 0 Å². The maximum atomic E-state index is 13.5. The van der Waals surface area contributed by atoms with E-state index in [9.17, 15) is 14.3 Å². The number of hydrogen-bond donors (Lipinski definition) is 1. The Hall–Kier alpha value is -2.40. The molecule has 0 spiro atoms. The summed E-state index contributed by atoms with van der Waals surface area (Å²) in [6.45, 7) is 8.57. The van der Waals surface area contributed by atoms with Gasteiger partial charge in [-0.2, -0.15) is 0 Å². The van der Waals surface area contributed by atoms with Gasteiger partial charge in [0.25, 0.3) is 0 Å². The van der Waals surface area contributed by atoms with Gasteiger partial charge in [-0.15, -0.1) is 0 Å². The molecule has 1 heterocycles. The number of nitrogens with zero attached hydrogens (tertiary/aromatic N) is 1. The third-order valence-electron chi connectivity index (χ3n) is 5.51. The van der Waals surface area contributed by atoms with Gasteiger partial charge in [0, 0.05) is 13.1 Å². The summed E-state index contributed by atoms with van der Waals surface area (Å²) in [6, 6.07) is 13.9. The first kappa shape index (κ1) is 21.3. The van der Waals surface area contributed by atoms with Gasteiger partial charge in [0.05, 0.1) is 0 Å². The van der Waals surface area contributed by atoms with Crippen LogP contribution < -0.4 is 0 Å². The quantitative estimate of drug-likeness (QED) is 0.789. The third kappa shape index (κ3) is 4.78. The number of benzene rings is 2. The Morgan fingerprint density at radius 1 is 1.00 bits per heavy atom. The Morgan fingerprint density at radius 2 is 1.48 bits per heavy atom. The molecular formula is C24H30FNO3. The highest BCUT2D eigenvalue weighted by Crippen LogP contribution is 2.42. The van der Waals surface area contributed by atoms with Crippen LogP contribution in [0.25, 0.3) is 0 Å². The summed E-state index contributed by atoms with van der Waals surface area (Å²) in [5, 5.41) is 11.9. The molecule has 0 aromatic heterocycles. The summed E-state index contributed by atoms with van der Waals surface area (Å²) in [4.78, 5) is 14.1. The van der Waals surface area contributed by atoms with Crippen LogP contribution in [0.2, 0.25) is 0 Å². The highest BCUT2D eigenvalue weighted by Gasteiger charge is 2.42. The smallest absolute Gasteiger partial charge is 0.410 e. The lowest BCUT2D eigenvalue weighted by molar-refractivity contribution is -0.0238. The molecule has 1 fully saturated rings. The zero-order valence-electron chi connectivity index (χ0n) is 17.6. The van der Waals surface area contributed by atoms with Gasteiger partial charge in [0.1, 0.15) is 17.0 Å². The number of aliphatic hydroxyl groups is 1. The highest BCUT2D eigenvalue weighted by molar-refractivity contribution is 5.68. The summed E-state index contributed by atoms with van der Waals surface area (Å²) in [5.74, 6) is -0.436. The number of aryl methyl sites for hydroxylation is 1. The SMILES string of the molecule is Cc1ccc(C(O)(c2ccc(F)cc2)C2CCN(C(=O)OC(C)(C)C)CC2)cc1. The lowest BCUT2D eigenvalue weighted by atomic mass is 9.72. The number of likely N-dealkylation sites (tertiary alicyclic amines) is 1. The van der Waals surface area contributed by atoms with Crippen molar-refractivity contribution in [2.24, 2.45) is 5.92 Å². The molecule has 1 N–H and O–H groups in total. The Kier molecular flexibility index (Phi) is 5.99. The van der Waals surface area contributed by atoms with Gasteiger partial charge >= 0.3 is 6.09 Å². The van der Waals surface area contributed by atoms with E-state index in [1.807, 2.05) is 52.0 Å². The fourth-order valence-electron chi connectivity index (χ4n) is 3.96. The molecule has 3 rings (SSSR count). The Bertz CT molecular complexity index is 786. The number of hydrogen-bond acceptors (Lipinski definition) is 3. The topological polar surface area (TPSA) is 49.8 Å². The predicted octanol–water partition coefficient (Wildman–Crippen LogP) is 5.02. The number of piperidine rings is 1. The molecule has 4 nitrogen and oxygen atoms in total. The van der Waals surface area contributed by atoms with Crippen molar-refractivity contribution in [2.45, 2.75) is 51.7 Å². The number of halogens is 1. The number of amides is 1. The Morgan fingerprint density at radius 3 is 1.97 bits per heavy atom. The molecule has 1 aliphatic heterocycles. The van der Waals surface area contributed by atoms with E-state index in [1.54, 1.807) is 17.0 Å². The molecule has 2 aromatic carbocycles. The lowest BCUT2D eigenvalue weighted by Gasteiger charge is -2.42. The monoisotopic (exact) mass is 399 g/mol. The van der Waals surface area contributed by atoms with Crippen LogP contribution in [-0.2, 0) is 10.3 Å². The summed E-state index contributed by atoms with van der Waals surface area (Å²) in [7, 11) is 0. The number of ether oxygens (including phenoxy) is 1. The molecule has 1 atom stereocenters.